The summed E-state index contributed by atoms with van der Waals surface area (Å²) in [4.78, 5) is 19.2. The van der Waals surface area contributed by atoms with E-state index in [1.54, 1.807) is 0 Å². The van der Waals surface area contributed by atoms with E-state index < -0.39 is 11.6 Å². The third-order valence-corrected chi connectivity index (χ3v) is 6.51. The fourth-order valence-corrected chi connectivity index (χ4v) is 4.84. The quantitative estimate of drug-likeness (QED) is 0.584. The van der Waals surface area contributed by atoms with E-state index in [2.05, 4.69) is 5.32 Å². The Morgan fingerprint density at radius 1 is 0.812 bits per heavy atom. The molecule has 0 radical (unpaired) electrons. The molecule has 4 heteroatoms. The molecule has 1 fully saturated rings. The lowest BCUT2D eigenvalue weighted by molar-refractivity contribution is -0.130. The molecule has 1 aliphatic carbocycles. The van der Waals surface area contributed by atoms with Gasteiger partial charge in [0.1, 0.15) is 0 Å². The highest BCUT2D eigenvalue weighted by Gasteiger charge is 2.54. The van der Waals surface area contributed by atoms with Crippen molar-refractivity contribution < 1.29 is 9.53 Å². The first-order valence-electron chi connectivity index (χ1n) is 11.5. The van der Waals surface area contributed by atoms with Gasteiger partial charge in [-0.05, 0) is 36.1 Å². The van der Waals surface area contributed by atoms with E-state index in [4.69, 9.17) is 9.73 Å². The summed E-state index contributed by atoms with van der Waals surface area (Å²) in [5.41, 5.74) is 1.46. The molecule has 1 heterocycles. The van der Waals surface area contributed by atoms with Gasteiger partial charge in [0.05, 0.1) is 0 Å². The maximum Gasteiger partial charge on any atom is 0.257 e. The molecule has 32 heavy (non-hydrogen) atoms. The van der Waals surface area contributed by atoms with Crippen molar-refractivity contribution in [3.63, 3.8) is 0 Å². The molecule has 0 bridgehead atoms. The zero-order valence-electron chi connectivity index (χ0n) is 18.1. The molecular formula is C28H28N2O2. The van der Waals surface area contributed by atoms with Crippen molar-refractivity contribution >= 4 is 11.8 Å². The molecule has 1 amide bonds. The van der Waals surface area contributed by atoms with Crippen LogP contribution in [0.2, 0.25) is 0 Å². The monoisotopic (exact) mass is 424 g/mol. The second-order valence-corrected chi connectivity index (χ2v) is 8.63. The van der Waals surface area contributed by atoms with Crippen molar-refractivity contribution in [1.29, 1.82) is 0 Å². The number of ether oxygens (including phenoxy) is 1. The van der Waals surface area contributed by atoms with Crippen molar-refractivity contribution in [2.24, 2.45) is 4.99 Å². The summed E-state index contributed by atoms with van der Waals surface area (Å²) in [5.74, 6) is 0.414. The topological polar surface area (TPSA) is 50.7 Å². The zero-order valence-corrected chi connectivity index (χ0v) is 18.1. The Balaban J connectivity index is 1.64. The standard InChI is InChI=1S/C28H28N2O2/c31-27(29-24-19-11-4-12-20-24)28(23-17-9-3-10-18-23)25(21-13-5-1-6-14-21)32-26(30-28)22-15-7-2-8-16-22/h1-3,5-10,13-18,24-25H,4,11-12,19-20H2,(H,29,31)/t25-,28+/m0/s1. The Labute approximate surface area is 189 Å². The van der Waals surface area contributed by atoms with Gasteiger partial charge in [0, 0.05) is 11.6 Å². The zero-order chi connectivity index (χ0) is 21.8. The van der Waals surface area contributed by atoms with Crippen LogP contribution < -0.4 is 5.32 Å². The van der Waals surface area contributed by atoms with Crippen LogP contribution in [0.1, 0.15) is 54.9 Å². The summed E-state index contributed by atoms with van der Waals surface area (Å²) in [6.45, 7) is 0. The fraction of sp³-hybridized carbons (Fsp3) is 0.286. The average Bonchev–Trinajstić information content (AvgIpc) is 3.28. The second-order valence-electron chi connectivity index (χ2n) is 8.63. The van der Waals surface area contributed by atoms with Crippen LogP contribution in [0, 0.1) is 0 Å². The first kappa shape index (κ1) is 20.5. The van der Waals surface area contributed by atoms with Crippen molar-refractivity contribution in [3.05, 3.63) is 108 Å². The summed E-state index contributed by atoms with van der Waals surface area (Å²) < 4.78 is 6.50. The molecule has 5 rings (SSSR count). The van der Waals surface area contributed by atoms with Crippen molar-refractivity contribution in [1.82, 2.24) is 5.32 Å². The Bertz CT molecular complexity index is 1080. The minimum atomic E-state index is -1.19. The summed E-state index contributed by atoms with van der Waals surface area (Å²) in [5, 5.41) is 3.35. The third kappa shape index (κ3) is 3.81. The molecule has 1 N–H and O–H groups in total. The van der Waals surface area contributed by atoms with Crippen molar-refractivity contribution in [3.8, 4) is 0 Å². The smallest absolute Gasteiger partial charge is 0.257 e. The largest absolute Gasteiger partial charge is 0.466 e. The predicted octanol–water partition coefficient (Wildman–Crippen LogP) is 5.55. The molecule has 0 spiro atoms. The first-order chi connectivity index (χ1) is 15.8. The van der Waals surface area contributed by atoms with Crippen LogP contribution in [0.25, 0.3) is 0 Å². The Morgan fingerprint density at radius 2 is 1.41 bits per heavy atom. The van der Waals surface area contributed by atoms with Gasteiger partial charge in [0.15, 0.2) is 6.10 Å². The molecule has 2 aliphatic rings. The van der Waals surface area contributed by atoms with E-state index in [1.807, 2.05) is 91.0 Å². The van der Waals surface area contributed by atoms with Gasteiger partial charge in [-0.15, -0.1) is 0 Å². The molecule has 162 valence electrons. The van der Waals surface area contributed by atoms with Crippen LogP contribution in [-0.4, -0.2) is 17.8 Å². The molecule has 1 aliphatic heterocycles. The summed E-state index contributed by atoms with van der Waals surface area (Å²) in [6.07, 6.45) is 5.03. The Kier molecular flexibility index (Phi) is 5.76. The number of nitrogens with zero attached hydrogens (tertiary/aromatic N) is 1. The van der Waals surface area contributed by atoms with Crippen LogP contribution in [0.15, 0.2) is 96.0 Å². The number of nitrogens with one attached hydrogen (secondary N) is 1. The maximum absolute atomic E-state index is 14.1. The Hall–Kier alpha value is -3.40. The van der Waals surface area contributed by atoms with E-state index in [1.165, 1.54) is 6.42 Å². The minimum Gasteiger partial charge on any atom is -0.466 e. The second kappa shape index (κ2) is 8.99. The van der Waals surface area contributed by atoms with Gasteiger partial charge in [-0.25, -0.2) is 4.99 Å². The van der Waals surface area contributed by atoms with Crippen LogP contribution in [-0.2, 0) is 15.1 Å². The number of benzene rings is 3. The number of carbonyl (C=O) groups is 1. The number of amides is 1. The SMILES string of the molecule is O=C(NC1CCCCC1)[C@]1(c2ccccc2)N=C(c2ccccc2)O[C@H]1c1ccccc1. The summed E-state index contributed by atoms with van der Waals surface area (Å²) in [6, 6.07) is 29.8. The highest BCUT2D eigenvalue weighted by atomic mass is 16.5. The van der Waals surface area contributed by atoms with Gasteiger partial charge >= 0.3 is 0 Å². The molecule has 0 aromatic heterocycles. The molecule has 3 aromatic rings. The van der Waals surface area contributed by atoms with Gasteiger partial charge in [0.25, 0.3) is 5.91 Å². The lowest BCUT2D eigenvalue weighted by atomic mass is 9.80. The molecular weight excluding hydrogens is 396 g/mol. The van der Waals surface area contributed by atoms with Gasteiger partial charge < -0.3 is 10.1 Å². The van der Waals surface area contributed by atoms with Crippen molar-refractivity contribution in [2.45, 2.75) is 49.8 Å². The molecule has 0 saturated heterocycles. The van der Waals surface area contributed by atoms with Crippen LogP contribution in [0.5, 0.6) is 0 Å². The molecule has 2 atom stereocenters. The van der Waals surface area contributed by atoms with E-state index >= 15 is 0 Å². The number of carbonyl (C=O) groups excluding carboxylic acids is 1. The number of rotatable bonds is 5. The molecule has 3 aromatic carbocycles. The Morgan fingerprint density at radius 3 is 2.06 bits per heavy atom. The lowest BCUT2D eigenvalue weighted by Crippen LogP contribution is -2.49. The van der Waals surface area contributed by atoms with Crippen LogP contribution in [0.3, 0.4) is 0 Å². The van der Waals surface area contributed by atoms with E-state index in [9.17, 15) is 4.79 Å². The summed E-state index contributed by atoms with van der Waals surface area (Å²) in [7, 11) is 0. The fourth-order valence-electron chi connectivity index (χ4n) is 4.84. The van der Waals surface area contributed by atoms with Crippen molar-refractivity contribution in [2.75, 3.05) is 0 Å². The third-order valence-electron chi connectivity index (χ3n) is 6.51. The predicted molar refractivity (Wildman–Crippen MR) is 126 cm³/mol. The van der Waals surface area contributed by atoms with E-state index in [-0.39, 0.29) is 11.9 Å². The highest BCUT2D eigenvalue weighted by Crippen LogP contribution is 2.47. The molecule has 1 saturated carbocycles. The molecule has 4 nitrogen and oxygen atoms in total. The van der Waals surface area contributed by atoms with Crippen LogP contribution in [0.4, 0.5) is 0 Å². The van der Waals surface area contributed by atoms with Gasteiger partial charge in [-0.1, -0.05) is 98.1 Å². The van der Waals surface area contributed by atoms with Gasteiger partial charge in [0.2, 0.25) is 11.4 Å². The highest BCUT2D eigenvalue weighted by molar-refractivity contribution is 6.01. The average molecular weight is 425 g/mol. The number of aliphatic imine (C=N–C) groups is 1. The lowest BCUT2D eigenvalue weighted by Gasteiger charge is -2.33. The number of hydrogen-bond donors (Lipinski definition) is 1. The van der Waals surface area contributed by atoms with Gasteiger partial charge in [-0.2, -0.15) is 0 Å². The van der Waals surface area contributed by atoms with E-state index in [0.29, 0.717) is 5.90 Å². The minimum absolute atomic E-state index is 0.0876. The van der Waals surface area contributed by atoms with Gasteiger partial charge in [-0.3, -0.25) is 4.79 Å². The normalized spacial score (nSPS) is 23.2. The van der Waals surface area contributed by atoms with E-state index in [0.717, 1.165) is 42.4 Å². The summed E-state index contributed by atoms with van der Waals surface area (Å²) >= 11 is 0. The number of hydrogen-bond acceptors (Lipinski definition) is 3. The maximum atomic E-state index is 14.1. The molecule has 0 unspecified atom stereocenters. The van der Waals surface area contributed by atoms with Crippen LogP contribution >= 0.6 is 0 Å². The first-order valence-corrected chi connectivity index (χ1v) is 11.5.